The summed E-state index contributed by atoms with van der Waals surface area (Å²) >= 11 is 5.25. The van der Waals surface area contributed by atoms with Crippen LogP contribution in [0.4, 0.5) is 11.4 Å². The summed E-state index contributed by atoms with van der Waals surface area (Å²) in [5, 5.41) is 20.5. The fraction of sp³-hybridized carbons (Fsp3) is 0.286. The molecule has 0 atom stereocenters. The molecule has 8 heteroatoms. The second kappa shape index (κ2) is 11.0. The summed E-state index contributed by atoms with van der Waals surface area (Å²) in [5.41, 5.74) is 5.16. The smallest absolute Gasteiger partial charge is 0.224 e. The van der Waals surface area contributed by atoms with E-state index in [4.69, 9.17) is 17.0 Å². The van der Waals surface area contributed by atoms with E-state index in [0.717, 1.165) is 17.9 Å². The predicted molar refractivity (Wildman–Crippen MR) is 121 cm³/mol. The zero-order valence-electron chi connectivity index (χ0n) is 16.8. The molecule has 2 aromatic carbocycles. The fourth-order valence-electron chi connectivity index (χ4n) is 2.51. The Kier molecular flexibility index (Phi) is 8.42. The average molecular weight is 415 g/mol. The molecule has 0 heterocycles. The van der Waals surface area contributed by atoms with E-state index >= 15 is 0 Å². The molecule has 0 spiro atoms. The Morgan fingerprint density at radius 2 is 1.79 bits per heavy atom. The molecular formula is C21H26N4O3S. The van der Waals surface area contributed by atoms with Crippen LogP contribution in [0.2, 0.25) is 0 Å². The molecule has 0 aliphatic carbocycles. The van der Waals surface area contributed by atoms with Gasteiger partial charge >= 0.3 is 0 Å². The second-order valence-corrected chi connectivity index (χ2v) is 6.66. The molecule has 4 N–H and O–H groups in total. The van der Waals surface area contributed by atoms with E-state index in [0.29, 0.717) is 35.1 Å². The molecule has 0 bridgehead atoms. The van der Waals surface area contributed by atoms with Gasteiger partial charge in [-0.05, 0) is 75.0 Å². The van der Waals surface area contributed by atoms with Crippen LogP contribution in [0.1, 0.15) is 39.2 Å². The summed E-state index contributed by atoms with van der Waals surface area (Å²) < 4.78 is 5.40. The van der Waals surface area contributed by atoms with Gasteiger partial charge in [0.1, 0.15) is 11.5 Å². The summed E-state index contributed by atoms with van der Waals surface area (Å²) in [6.45, 7) is 6.21. The number of hydrogen-bond donors (Lipinski definition) is 4. The van der Waals surface area contributed by atoms with Crippen molar-refractivity contribution in [1.82, 2.24) is 5.43 Å². The van der Waals surface area contributed by atoms with E-state index in [1.54, 1.807) is 19.1 Å². The van der Waals surface area contributed by atoms with Crippen LogP contribution in [0.5, 0.6) is 11.5 Å². The quantitative estimate of drug-likeness (QED) is 0.223. The van der Waals surface area contributed by atoms with Gasteiger partial charge < -0.3 is 20.5 Å². The summed E-state index contributed by atoms with van der Waals surface area (Å²) in [7, 11) is 0. The van der Waals surface area contributed by atoms with Crippen LogP contribution in [0.3, 0.4) is 0 Å². The first-order chi connectivity index (χ1) is 13.9. The minimum absolute atomic E-state index is 0.0620. The van der Waals surface area contributed by atoms with Crippen molar-refractivity contribution in [3.8, 4) is 11.5 Å². The summed E-state index contributed by atoms with van der Waals surface area (Å²) in [6, 6.07) is 12.2. The van der Waals surface area contributed by atoms with Gasteiger partial charge in [0.25, 0.3) is 0 Å². The van der Waals surface area contributed by atoms with Gasteiger partial charge in [0.15, 0.2) is 5.11 Å². The topological polar surface area (TPSA) is 95.0 Å². The Labute approximate surface area is 176 Å². The predicted octanol–water partition coefficient (Wildman–Crippen LogP) is 4.24. The highest BCUT2D eigenvalue weighted by atomic mass is 32.1. The number of phenolic OH excluding ortho intramolecular Hbond substituents is 1. The highest BCUT2D eigenvalue weighted by molar-refractivity contribution is 7.80. The molecule has 0 saturated heterocycles. The van der Waals surface area contributed by atoms with Gasteiger partial charge in [0, 0.05) is 23.4 Å². The fourth-order valence-corrected chi connectivity index (χ4v) is 2.67. The first kappa shape index (κ1) is 22.2. The minimum atomic E-state index is -0.0717. The van der Waals surface area contributed by atoms with Gasteiger partial charge in [-0.2, -0.15) is 5.10 Å². The first-order valence-corrected chi connectivity index (χ1v) is 9.81. The normalized spacial score (nSPS) is 10.9. The van der Waals surface area contributed by atoms with Crippen molar-refractivity contribution < 1.29 is 14.6 Å². The molecule has 2 rings (SSSR count). The van der Waals surface area contributed by atoms with Crippen LogP contribution in [0.15, 0.2) is 47.6 Å². The van der Waals surface area contributed by atoms with Gasteiger partial charge in [-0.25, -0.2) is 0 Å². The number of phenols is 1. The molecule has 7 nitrogen and oxygen atoms in total. The largest absolute Gasteiger partial charge is 0.507 e. The lowest BCUT2D eigenvalue weighted by molar-refractivity contribution is -0.116. The Morgan fingerprint density at radius 3 is 2.45 bits per heavy atom. The number of thiocarbonyl (C=S) groups is 1. The van der Waals surface area contributed by atoms with E-state index < -0.39 is 0 Å². The van der Waals surface area contributed by atoms with Crippen molar-refractivity contribution in [2.45, 2.75) is 33.6 Å². The standard InChI is InChI=1S/C21H26N4O3S/c1-4-6-20(27)22-16-9-12-19(26)18(13-16)14(3)24-25-21(29)23-15-7-10-17(11-8-15)28-5-2/h7-13,26H,4-6H2,1-3H3,(H,22,27)(H2,23,25,29)/b24-14+. The van der Waals surface area contributed by atoms with Crippen LogP contribution in [0, 0.1) is 0 Å². The molecule has 0 aliphatic heterocycles. The van der Waals surface area contributed by atoms with Crippen molar-refractivity contribution in [2.75, 3.05) is 17.2 Å². The SMILES string of the molecule is CCCC(=O)Nc1ccc(O)c(/C(C)=N/NC(=S)Nc2ccc(OCC)cc2)c1. The van der Waals surface area contributed by atoms with Crippen molar-refractivity contribution in [3.05, 3.63) is 48.0 Å². The maximum atomic E-state index is 11.8. The number of rotatable bonds is 8. The molecule has 1 amide bonds. The van der Waals surface area contributed by atoms with Crippen LogP contribution < -0.4 is 20.8 Å². The van der Waals surface area contributed by atoms with E-state index in [1.165, 1.54) is 6.07 Å². The lowest BCUT2D eigenvalue weighted by Crippen LogP contribution is -2.25. The van der Waals surface area contributed by atoms with Crippen LogP contribution in [-0.4, -0.2) is 28.4 Å². The number of carbonyl (C=O) groups is 1. The Hall–Kier alpha value is -3.13. The van der Waals surface area contributed by atoms with Crippen molar-refractivity contribution in [1.29, 1.82) is 0 Å². The number of nitrogens with zero attached hydrogens (tertiary/aromatic N) is 1. The Balaban J connectivity index is 2.00. The molecule has 29 heavy (non-hydrogen) atoms. The number of anilines is 2. The van der Waals surface area contributed by atoms with Crippen molar-refractivity contribution in [3.63, 3.8) is 0 Å². The number of carbonyl (C=O) groups excluding carboxylic acids is 1. The van der Waals surface area contributed by atoms with Gasteiger partial charge in [0.2, 0.25) is 5.91 Å². The highest BCUT2D eigenvalue weighted by Crippen LogP contribution is 2.22. The maximum absolute atomic E-state index is 11.8. The number of amides is 1. The molecule has 2 aromatic rings. The summed E-state index contributed by atoms with van der Waals surface area (Å²) in [6.07, 6.45) is 1.20. The molecule has 0 saturated carbocycles. The lowest BCUT2D eigenvalue weighted by atomic mass is 10.1. The summed E-state index contributed by atoms with van der Waals surface area (Å²) in [5.74, 6) is 0.775. The maximum Gasteiger partial charge on any atom is 0.224 e. The molecular weight excluding hydrogens is 388 g/mol. The molecule has 154 valence electrons. The number of benzene rings is 2. The van der Waals surface area contributed by atoms with E-state index in [1.807, 2.05) is 38.1 Å². The van der Waals surface area contributed by atoms with Gasteiger partial charge in [-0.1, -0.05) is 6.92 Å². The van der Waals surface area contributed by atoms with Crippen LogP contribution in [0.25, 0.3) is 0 Å². The molecule has 0 fully saturated rings. The van der Waals surface area contributed by atoms with E-state index in [9.17, 15) is 9.90 Å². The Bertz CT molecular complexity index is 882. The lowest BCUT2D eigenvalue weighted by Gasteiger charge is -2.11. The third-order valence-corrected chi connectivity index (χ3v) is 4.09. The van der Waals surface area contributed by atoms with Gasteiger partial charge in [0.05, 0.1) is 12.3 Å². The minimum Gasteiger partial charge on any atom is -0.507 e. The van der Waals surface area contributed by atoms with Crippen LogP contribution in [-0.2, 0) is 4.79 Å². The molecule has 0 aliphatic rings. The van der Waals surface area contributed by atoms with E-state index in [-0.39, 0.29) is 11.7 Å². The Morgan fingerprint density at radius 1 is 1.10 bits per heavy atom. The van der Waals surface area contributed by atoms with Gasteiger partial charge in [-0.15, -0.1) is 0 Å². The third kappa shape index (κ3) is 7.08. The first-order valence-electron chi connectivity index (χ1n) is 9.40. The van der Waals surface area contributed by atoms with Gasteiger partial charge in [-0.3, -0.25) is 10.2 Å². The zero-order chi connectivity index (χ0) is 21.2. The highest BCUT2D eigenvalue weighted by Gasteiger charge is 2.09. The number of hydrogen-bond acceptors (Lipinski definition) is 5. The number of ether oxygens (including phenoxy) is 1. The molecule has 0 radical (unpaired) electrons. The summed E-state index contributed by atoms with van der Waals surface area (Å²) in [4.78, 5) is 11.8. The van der Waals surface area contributed by atoms with Crippen molar-refractivity contribution >= 4 is 40.3 Å². The zero-order valence-corrected chi connectivity index (χ0v) is 17.6. The second-order valence-electron chi connectivity index (χ2n) is 6.25. The average Bonchev–Trinajstić information content (AvgIpc) is 2.69. The molecule has 0 aromatic heterocycles. The molecule has 0 unspecified atom stereocenters. The van der Waals surface area contributed by atoms with Crippen molar-refractivity contribution in [2.24, 2.45) is 5.10 Å². The number of aromatic hydroxyl groups is 1. The monoisotopic (exact) mass is 414 g/mol. The van der Waals surface area contributed by atoms with Crippen LogP contribution >= 0.6 is 12.2 Å². The number of nitrogens with one attached hydrogen (secondary N) is 3. The van der Waals surface area contributed by atoms with E-state index in [2.05, 4.69) is 21.2 Å². The number of hydrazone groups is 1. The third-order valence-electron chi connectivity index (χ3n) is 3.90.